The van der Waals surface area contributed by atoms with Gasteiger partial charge in [-0.1, -0.05) is 11.6 Å². The third kappa shape index (κ3) is 3.06. The molecule has 0 heterocycles. The molecule has 14 heavy (non-hydrogen) atoms. The molecule has 0 bridgehead atoms. The molecule has 0 atom stereocenters. The predicted molar refractivity (Wildman–Crippen MR) is 51.8 cm³/mol. The topological polar surface area (TPSA) is 66.4 Å². The Balaban J connectivity index is 2.61. The van der Waals surface area contributed by atoms with Crippen LogP contribution in [0.25, 0.3) is 0 Å². The van der Waals surface area contributed by atoms with E-state index in [0.717, 1.165) is 0 Å². The van der Waals surface area contributed by atoms with Crippen molar-refractivity contribution < 1.29 is 14.7 Å². The summed E-state index contributed by atoms with van der Waals surface area (Å²) in [6.07, 6.45) is -1.22. The van der Waals surface area contributed by atoms with Gasteiger partial charge in [-0.25, -0.2) is 4.79 Å². The van der Waals surface area contributed by atoms with Crippen molar-refractivity contribution in [3.05, 3.63) is 34.9 Å². The molecule has 1 aromatic rings. The minimum absolute atomic E-state index is 0.225. The third-order valence-corrected chi connectivity index (χ3v) is 1.82. The van der Waals surface area contributed by atoms with Gasteiger partial charge in [-0.2, -0.15) is 0 Å². The van der Waals surface area contributed by atoms with Crippen LogP contribution in [-0.4, -0.2) is 23.5 Å². The van der Waals surface area contributed by atoms with Crippen molar-refractivity contribution >= 4 is 23.5 Å². The first-order valence-electron chi connectivity index (χ1n) is 3.85. The van der Waals surface area contributed by atoms with E-state index in [1.165, 1.54) is 0 Å². The van der Waals surface area contributed by atoms with Crippen LogP contribution >= 0.6 is 11.6 Å². The highest BCUT2D eigenvalue weighted by Crippen LogP contribution is 2.09. The molecule has 0 spiro atoms. The fraction of sp³-hybridized carbons (Fsp3) is 0.111. The Labute approximate surface area is 85.5 Å². The second-order valence-corrected chi connectivity index (χ2v) is 3.03. The van der Waals surface area contributed by atoms with Gasteiger partial charge >= 0.3 is 6.09 Å². The zero-order valence-corrected chi connectivity index (χ0v) is 7.91. The maximum Gasteiger partial charge on any atom is 0.405 e. The maximum atomic E-state index is 11.3. The van der Waals surface area contributed by atoms with E-state index in [1.807, 2.05) is 5.32 Å². The number of Topliss-reactive ketones (excluding diaryl/α,β-unsaturated/α-hetero) is 1. The summed E-state index contributed by atoms with van der Waals surface area (Å²) in [7, 11) is 0. The standard InChI is InChI=1S/C9H8ClNO3/c10-7-3-1-6(2-4-7)8(12)5-11-9(13)14/h1-4,11H,5H2,(H,13,14). The van der Waals surface area contributed by atoms with Crippen LogP contribution in [0.5, 0.6) is 0 Å². The van der Waals surface area contributed by atoms with E-state index in [1.54, 1.807) is 24.3 Å². The Hall–Kier alpha value is -1.55. The van der Waals surface area contributed by atoms with Gasteiger partial charge in [-0.3, -0.25) is 4.79 Å². The summed E-state index contributed by atoms with van der Waals surface area (Å²) in [5.41, 5.74) is 0.433. The second-order valence-electron chi connectivity index (χ2n) is 2.59. The smallest absolute Gasteiger partial charge is 0.405 e. The largest absolute Gasteiger partial charge is 0.465 e. The number of benzene rings is 1. The van der Waals surface area contributed by atoms with Crippen molar-refractivity contribution in [3.63, 3.8) is 0 Å². The van der Waals surface area contributed by atoms with Crippen LogP contribution in [0.15, 0.2) is 24.3 Å². The zero-order chi connectivity index (χ0) is 10.6. The van der Waals surface area contributed by atoms with Gasteiger partial charge in [-0.15, -0.1) is 0 Å². The number of carbonyl (C=O) groups is 2. The summed E-state index contributed by atoms with van der Waals surface area (Å²) in [5, 5.41) is 10.8. The highest BCUT2D eigenvalue weighted by Gasteiger charge is 2.06. The van der Waals surface area contributed by atoms with Gasteiger partial charge in [0.2, 0.25) is 0 Å². The van der Waals surface area contributed by atoms with Crippen molar-refractivity contribution in [3.8, 4) is 0 Å². The molecule has 0 aliphatic rings. The van der Waals surface area contributed by atoms with Crippen LogP contribution in [0.3, 0.4) is 0 Å². The van der Waals surface area contributed by atoms with Crippen LogP contribution < -0.4 is 5.32 Å². The van der Waals surface area contributed by atoms with Crippen LogP contribution in [-0.2, 0) is 0 Å². The molecule has 0 saturated heterocycles. The number of halogens is 1. The molecule has 0 radical (unpaired) electrons. The summed E-state index contributed by atoms with van der Waals surface area (Å²) < 4.78 is 0. The highest BCUT2D eigenvalue weighted by molar-refractivity contribution is 6.30. The van der Waals surface area contributed by atoms with Gasteiger partial charge in [0, 0.05) is 10.6 Å². The number of ketones is 1. The van der Waals surface area contributed by atoms with Gasteiger partial charge in [0.05, 0.1) is 6.54 Å². The molecule has 5 heteroatoms. The molecule has 0 saturated carbocycles. The average molecular weight is 214 g/mol. The van der Waals surface area contributed by atoms with Crippen LogP contribution in [0.4, 0.5) is 4.79 Å². The van der Waals surface area contributed by atoms with Crippen LogP contribution in [0.2, 0.25) is 5.02 Å². The molecular weight excluding hydrogens is 206 g/mol. The first kappa shape index (κ1) is 10.5. The van der Waals surface area contributed by atoms with E-state index in [-0.39, 0.29) is 12.3 Å². The number of hydrogen-bond acceptors (Lipinski definition) is 2. The fourth-order valence-corrected chi connectivity index (χ4v) is 1.02. The minimum Gasteiger partial charge on any atom is -0.465 e. The number of nitrogens with one attached hydrogen (secondary N) is 1. The molecule has 1 amide bonds. The molecule has 74 valence electrons. The highest BCUT2D eigenvalue weighted by atomic mass is 35.5. The van der Waals surface area contributed by atoms with Crippen molar-refractivity contribution in [2.75, 3.05) is 6.54 Å². The molecule has 0 fully saturated rings. The lowest BCUT2D eigenvalue weighted by molar-refractivity contribution is 0.0987. The van der Waals surface area contributed by atoms with Crippen molar-refractivity contribution in [1.29, 1.82) is 0 Å². The molecular formula is C9H8ClNO3. The van der Waals surface area contributed by atoms with Crippen LogP contribution in [0, 0.1) is 0 Å². The Morgan fingerprint density at radius 1 is 1.29 bits per heavy atom. The first-order chi connectivity index (χ1) is 6.59. The monoisotopic (exact) mass is 213 g/mol. The molecule has 1 aromatic carbocycles. The lowest BCUT2D eigenvalue weighted by Crippen LogP contribution is -2.27. The number of carboxylic acid groups (broad SMARTS) is 1. The van der Waals surface area contributed by atoms with E-state index < -0.39 is 6.09 Å². The van der Waals surface area contributed by atoms with Crippen molar-refractivity contribution in [1.82, 2.24) is 5.32 Å². The minimum atomic E-state index is -1.22. The number of carbonyl (C=O) groups excluding carboxylic acids is 1. The number of rotatable bonds is 3. The second kappa shape index (κ2) is 4.62. The van der Waals surface area contributed by atoms with Gasteiger partial charge in [0.1, 0.15) is 0 Å². The Morgan fingerprint density at radius 3 is 2.36 bits per heavy atom. The SMILES string of the molecule is O=C(O)NCC(=O)c1ccc(Cl)cc1. The Morgan fingerprint density at radius 2 is 1.86 bits per heavy atom. The summed E-state index contributed by atoms with van der Waals surface area (Å²) >= 11 is 5.62. The van der Waals surface area contributed by atoms with Gasteiger partial charge in [0.25, 0.3) is 0 Å². The molecule has 2 N–H and O–H groups in total. The lowest BCUT2D eigenvalue weighted by atomic mass is 10.1. The van der Waals surface area contributed by atoms with E-state index in [4.69, 9.17) is 16.7 Å². The normalized spacial score (nSPS) is 9.50. The summed E-state index contributed by atoms with van der Waals surface area (Å²) in [6.45, 7) is -0.225. The number of amides is 1. The molecule has 0 aromatic heterocycles. The third-order valence-electron chi connectivity index (χ3n) is 1.57. The van der Waals surface area contributed by atoms with Gasteiger partial charge in [0.15, 0.2) is 5.78 Å². The zero-order valence-electron chi connectivity index (χ0n) is 7.16. The van der Waals surface area contributed by atoms with E-state index in [2.05, 4.69) is 0 Å². The van der Waals surface area contributed by atoms with Crippen molar-refractivity contribution in [2.24, 2.45) is 0 Å². The molecule has 0 aliphatic carbocycles. The van der Waals surface area contributed by atoms with Crippen molar-refractivity contribution in [2.45, 2.75) is 0 Å². The Kier molecular flexibility index (Phi) is 3.48. The lowest BCUT2D eigenvalue weighted by Gasteiger charge is -2.00. The predicted octanol–water partition coefficient (Wildman–Crippen LogP) is 1.79. The number of hydrogen-bond donors (Lipinski definition) is 2. The molecule has 0 aliphatic heterocycles. The first-order valence-corrected chi connectivity index (χ1v) is 4.23. The van der Waals surface area contributed by atoms with E-state index in [0.29, 0.717) is 10.6 Å². The average Bonchev–Trinajstić information content (AvgIpc) is 2.15. The van der Waals surface area contributed by atoms with E-state index in [9.17, 15) is 9.59 Å². The summed E-state index contributed by atoms with van der Waals surface area (Å²) in [6, 6.07) is 6.26. The van der Waals surface area contributed by atoms with Gasteiger partial charge in [-0.05, 0) is 24.3 Å². The van der Waals surface area contributed by atoms with E-state index >= 15 is 0 Å². The molecule has 0 unspecified atom stereocenters. The Bertz CT molecular complexity index is 348. The fourth-order valence-electron chi connectivity index (χ4n) is 0.894. The maximum absolute atomic E-state index is 11.3. The molecule has 1 rings (SSSR count). The summed E-state index contributed by atoms with van der Waals surface area (Å²) in [4.78, 5) is 21.4. The quantitative estimate of drug-likeness (QED) is 0.753. The van der Waals surface area contributed by atoms with Crippen LogP contribution in [0.1, 0.15) is 10.4 Å². The van der Waals surface area contributed by atoms with Gasteiger partial charge < -0.3 is 10.4 Å². The summed E-state index contributed by atoms with van der Waals surface area (Å²) in [5.74, 6) is -0.288. The molecule has 4 nitrogen and oxygen atoms in total.